The Labute approximate surface area is 95.6 Å². The first-order valence-electron chi connectivity index (χ1n) is 6.34. The number of ether oxygens (including phenoxy) is 1. The van der Waals surface area contributed by atoms with E-state index < -0.39 is 0 Å². The van der Waals surface area contributed by atoms with Crippen molar-refractivity contribution in [3.8, 4) is 0 Å². The number of hydrogen-bond acceptors (Lipinski definition) is 3. The lowest BCUT2D eigenvalue weighted by Crippen LogP contribution is -2.38. The van der Waals surface area contributed by atoms with E-state index in [0.29, 0.717) is 11.8 Å². The Bertz CT molecular complexity index is 288. The summed E-state index contributed by atoms with van der Waals surface area (Å²) in [7, 11) is 0. The highest BCUT2D eigenvalue weighted by atomic mass is 16.5. The van der Waals surface area contributed by atoms with Gasteiger partial charge in [0.05, 0.1) is 6.10 Å². The Morgan fingerprint density at radius 2 is 2.12 bits per heavy atom. The van der Waals surface area contributed by atoms with E-state index in [-0.39, 0.29) is 18.1 Å². The molecule has 4 heteroatoms. The molecule has 4 unspecified atom stereocenters. The number of rotatable bonds is 1. The molecule has 0 aromatic rings. The summed E-state index contributed by atoms with van der Waals surface area (Å²) < 4.78 is 5.42. The van der Waals surface area contributed by atoms with E-state index in [1.165, 1.54) is 0 Å². The maximum Gasteiger partial charge on any atom is 0.251 e. The van der Waals surface area contributed by atoms with Gasteiger partial charge in [0, 0.05) is 25.6 Å². The van der Waals surface area contributed by atoms with Gasteiger partial charge in [0.15, 0.2) is 0 Å². The van der Waals surface area contributed by atoms with E-state index in [0.717, 1.165) is 45.4 Å². The van der Waals surface area contributed by atoms with Crippen molar-refractivity contribution in [2.24, 2.45) is 11.8 Å². The number of fused-ring (bicyclic) bond motifs is 1. The van der Waals surface area contributed by atoms with Crippen molar-refractivity contribution in [2.75, 3.05) is 19.7 Å². The Kier molecular flexibility index (Phi) is 2.64. The molecular formula is C12H19NO3. The SMILES string of the molecule is O=C(C1CCCO1)N1CC2CCC(O)C2C1. The van der Waals surface area contributed by atoms with Crippen molar-refractivity contribution < 1.29 is 14.6 Å². The molecule has 4 atom stereocenters. The zero-order valence-corrected chi connectivity index (χ0v) is 9.47. The lowest BCUT2D eigenvalue weighted by molar-refractivity contribution is -0.140. The van der Waals surface area contributed by atoms with Crippen molar-refractivity contribution in [3.05, 3.63) is 0 Å². The minimum Gasteiger partial charge on any atom is -0.393 e. The summed E-state index contributed by atoms with van der Waals surface area (Å²) in [6.45, 7) is 2.30. The van der Waals surface area contributed by atoms with Gasteiger partial charge in [0.1, 0.15) is 6.10 Å². The molecule has 0 aromatic heterocycles. The summed E-state index contributed by atoms with van der Waals surface area (Å²) in [6.07, 6.45) is 3.47. The molecule has 2 saturated heterocycles. The zero-order valence-electron chi connectivity index (χ0n) is 9.47. The van der Waals surface area contributed by atoms with Crippen molar-refractivity contribution in [1.29, 1.82) is 0 Å². The summed E-state index contributed by atoms with van der Waals surface area (Å²) >= 11 is 0. The van der Waals surface area contributed by atoms with Crippen LogP contribution in [0.4, 0.5) is 0 Å². The Balaban J connectivity index is 1.63. The van der Waals surface area contributed by atoms with Crippen LogP contribution in [0.3, 0.4) is 0 Å². The molecule has 2 aliphatic heterocycles. The lowest BCUT2D eigenvalue weighted by atomic mass is 10.00. The monoisotopic (exact) mass is 225 g/mol. The smallest absolute Gasteiger partial charge is 0.251 e. The second kappa shape index (κ2) is 4.00. The summed E-state index contributed by atoms with van der Waals surface area (Å²) in [6, 6.07) is 0. The molecule has 4 nitrogen and oxygen atoms in total. The van der Waals surface area contributed by atoms with Crippen molar-refractivity contribution in [1.82, 2.24) is 4.90 Å². The average molecular weight is 225 g/mol. The van der Waals surface area contributed by atoms with Crippen LogP contribution in [0.15, 0.2) is 0 Å². The van der Waals surface area contributed by atoms with E-state index in [1.54, 1.807) is 0 Å². The third kappa shape index (κ3) is 1.64. The molecule has 1 N–H and O–H groups in total. The van der Waals surface area contributed by atoms with E-state index in [9.17, 15) is 9.90 Å². The molecule has 3 fully saturated rings. The van der Waals surface area contributed by atoms with Gasteiger partial charge in [0.25, 0.3) is 5.91 Å². The molecule has 90 valence electrons. The van der Waals surface area contributed by atoms with Gasteiger partial charge < -0.3 is 14.7 Å². The first-order chi connectivity index (χ1) is 7.75. The highest BCUT2D eigenvalue weighted by Gasteiger charge is 2.44. The van der Waals surface area contributed by atoms with Gasteiger partial charge in [-0.3, -0.25) is 4.79 Å². The Morgan fingerprint density at radius 3 is 2.81 bits per heavy atom. The summed E-state index contributed by atoms with van der Waals surface area (Å²) in [5, 5.41) is 9.80. The fourth-order valence-electron chi connectivity index (χ4n) is 3.39. The maximum absolute atomic E-state index is 12.1. The quantitative estimate of drug-likeness (QED) is 0.702. The molecule has 3 rings (SSSR count). The number of carbonyl (C=O) groups excluding carboxylic acids is 1. The summed E-state index contributed by atoms with van der Waals surface area (Å²) in [4.78, 5) is 14.0. The number of amides is 1. The van der Waals surface area contributed by atoms with Crippen LogP contribution in [0.1, 0.15) is 25.7 Å². The molecular weight excluding hydrogens is 206 g/mol. The fourth-order valence-corrected chi connectivity index (χ4v) is 3.39. The van der Waals surface area contributed by atoms with Gasteiger partial charge in [-0.25, -0.2) is 0 Å². The number of likely N-dealkylation sites (tertiary alicyclic amines) is 1. The van der Waals surface area contributed by atoms with Gasteiger partial charge in [-0.05, 0) is 31.6 Å². The molecule has 1 saturated carbocycles. The van der Waals surface area contributed by atoms with Crippen molar-refractivity contribution in [2.45, 2.75) is 37.9 Å². The van der Waals surface area contributed by atoms with Crippen LogP contribution in [0, 0.1) is 11.8 Å². The van der Waals surface area contributed by atoms with Gasteiger partial charge >= 0.3 is 0 Å². The number of aliphatic hydroxyl groups excluding tert-OH is 1. The predicted molar refractivity (Wildman–Crippen MR) is 57.8 cm³/mol. The fraction of sp³-hybridized carbons (Fsp3) is 0.917. The van der Waals surface area contributed by atoms with Gasteiger partial charge in [-0.2, -0.15) is 0 Å². The van der Waals surface area contributed by atoms with Gasteiger partial charge in [-0.15, -0.1) is 0 Å². The average Bonchev–Trinajstić information content (AvgIpc) is 2.96. The van der Waals surface area contributed by atoms with Crippen LogP contribution in [0.25, 0.3) is 0 Å². The molecule has 0 radical (unpaired) electrons. The highest BCUT2D eigenvalue weighted by molar-refractivity contribution is 5.81. The second-order valence-corrected chi connectivity index (χ2v) is 5.31. The first kappa shape index (κ1) is 10.5. The number of carbonyl (C=O) groups is 1. The largest absolute Gasteiger partial charge is 0.393 e. The molecule has 0 aromatic carbocycles. The third-order valence-corrected chi connectivity index (χ3v) is 4.34. The first-order valence-corrected chi connectivity index (χ1v) is 6.34. The van der Waals surface area contributed by atoms with Crippen molar-refractivity contribution >= 4 is 5.91 Å². The minimum absolute atomic E-state index is 0.152. The van der Waals surface area contributed by atoms with Crippen LogP contribution in [0.2, 0.25) is 0 Å². The molecule has 0 bridgehead atoms. The number of nitrogens with zero attached hydrogens (tertiary/aromatic N) is 1. The van der Waals surface area contributed by atoms with Gasteiger partial charge in [-0.1, -0.05) is 0 Å². The summed E-state index contributed by atoms with van der Waals surface area (Å²) in [5.74, 6) is 1.00. The van der Waals surface area contributed by atoms with E-state index in [2.05, 4.69) is 0 Å². The molecule has 1 amide bonds. The van der Waals surface area contributed by atoms with E-state index in [4.69, 9.17) is 4.74 Å². The molecule has 3 aliphatic rings. The van der Waals surface area contributed by atoms with Crippen LogP contribution < -0.4 is 0 Å². The van der Waals surface area contributed by atoms with Gasteiger partial charge in [0.2, 0.25) is 0 Å². The molecule has 2 heterocycles. The van der Waals surface area contributed by atoms with Crippen LogP contribution in [-0.2, 0) is 9.53 Å². The van der Waals surface area contributed by atoms with Crippen LogP contribution in [0.5, 0.6) is 0 Å². The lowest BCUT2D eigenvalue weighted by Gasteiger charge is -2.21. The van der Waals surface area contributed by atoms with Crippen LogP contribution in [-0.4, -0.2) is 47.8 Å². The minimum atomic E-state index is -0.198. The topological polar surface area (TPSA) is 49.8 Å². The Hall–Kier alpha value is -0.610. The molecule has 1 aliphatic carbocycles. The maximum atomic E-state index is 12.1. The van der Waals surface area contributed by atoms with E-state index >= 15 is 0 Å². The standard InChI is InChI=1S/C12H19NO3/c14-10-4-3-8-6-13(7-9(8)10)12(15)11-2-1-5-16-11/h8-11,14H,1-7H2. The second-order valence-electron chi connectivity index (χ2n) is 5.31. The number of aliphatic hydroxyl groups is 1. The molecule has 16 heavy (non-hydrogen) atoms. The normalized spacial score (nSPS) is 42.7. The highest BCUT2D eigenvalue weighted by Crippen LogP contribution is 2.38. The number of hydrogen-bond donors (Lipinski definition) is 1. The van der Waals surface area contributed by atoms with E-state index in [1.807, 2.05) is 4.90 Å². The zero-order chi connectivity index (χ0) is 11.1. The summed E-state index contributed by atoms with van der Waals surface area (Å²) in [5.41, 5.74) is 0. The van der Waals surface area contributed by atoms with Crippen LogP contribution >= 0.6 is 0 Å². The van der Waals surface area contributed by atoms with Crippen molar-refractivity contribution in [3.63, 3.8) is 0 Å². The molecule has 0 spiro atoms. The third-order valence-electron chi connectivity index (χ3n) is 4.34. The predicted octanol–water partition coefficient (Wildman–Crippen LogP) is 0.395. The Morgan fingerprint density at radius 1 is 1.25 bits per heavy atom.